The lowest BCUT2D eigenvalue weighted by Crippen LogP contribution is -2.30. The molecule has 0 aromatic carbocycles. The van der Waals surface area contributed by atoms with Crippen LogP contribution in [-0.4, -0.2) is 37.2 Å². The highest BCUT2D eigenvalue weighted by molar-refractivity contribution is 5.71. The van der Waals surface area contributed by atoms with Crippen LogP contribution in [0.2, 0.25) is 0 Å². The second-order valence-corrected chi connectivity index (χ2v) is 23.5. The summed E-state index contributed by atoms with van der Waals surface area (Å²) in [6, 6.07) is 0. The molecule has 448 valence electrons. The number of carbonyl (C=O) groups excluding carboxylic acids is 3. The summed E-state index contributed by atoms with van der Waals surface area (Å²) in [6.45, 7) is 6.70. The first kappa shape index (κ1) is 73.9. The van der Waals surface area contributed by atoms with Crippen LogP contribution in [0.15, 0.2) is 24.3 Å². The second kappa shape index (κ2) is 65.4. The van der Waals surface area contributed by atoms with Crippen molar-refractivity contribution in [1.82, 2.24) is 0 Å². The maximum absolute atomic E-state index is 12.9. The van der Waals surface area contributed by atoms with Gasteiger partial charge < -0.3 is 14.2 Å². The van der Waals surface area contributed by atoms with E-state index in [4.69, 9.17) is 14.2 Å². The Bertz CT molecular complexity index is 1230. The monoisotopic (exact) mass is 1070 g/mol. The van der Waals surface area contributed by atoms with Gasteiger partial charge in [-0.05, 0) is 51.4 Å². The van der Waals surface area contributed by atoms with Crippen molar-refractivity contribution in [2.45, 2.75) is 393 Å². The van der Waals surface area contributed by atoms with Gasteiger partial charge >= 0.3 is 17.9 Å². The molecule has 1 unspecified atom stereocenters. The van der Waals surface area contributed by atoms with Gasteiger partial charge in [-0.3, -0.25) is 14.4 Å². The van der Waals surface area contributed by atoms with Crippen LogP contribution in [0.5, 0.6) is 0 Å². The Morgan fingerprint density at radius 2 is 0.474 bits per heavy atom. The van der Waals surface area contributed by atoms with E-state index in [1.54, 1.807) is 0 Å². The van der Waals surface area contributed by atoms with Crippen LogP contribution in [-0.2, 0) is 28.6 Å². The minimum atomic E-state index is -0.772. The lowest BCUT2D eigenvalue weighted by molar-refractivity contribution is -0.167. The Morgan fingerprint density at radius 3 is 0.737 bits per heavy atom. The first-order chi connectivity index (χ1) is 37.5. The van der Waals surface area contributed by atoms with E-state index in [0.29, 0.717) is 19.3 Å². The fourth-order valence-corrected chi connectivity index (χ4v) is 10.5. The fourth-order valence-electron chi connectivity index (χ4n) is 10.5. The molecule has 0 aliphatic rings. The third-order valence-corrected chi connectivity index (χ3v) is 15.7. The SMILES string of the molecule is CCCCCC/C=C\C/C=C\CCCCCCCCCC(=O)OC(COC(=O)CCCCCCCCCCCCCCCCC)COC(=O)CCCCCCCCCCCCCCCCCCCCCCCCCCC. The number of hydrogen-bond donors (Lipinski definition) is 0. The smallest absolute Gasteiger partial charge is 0.306 e. The number of esters is 3. The van der Waals surface area contributed by atoms with Gasteiger partial charge in [0.25, 0.3) is 0 Å². The predicted octanol–water partition coefficient (Wildman–Crippen LogP) is 23.4. The molecular weight excluding hydrogens is 937 g/mol. The number of hydrogen-bond acceptors (Lipinski definition) is 6. The van der Waals surface area contributed by atoms with Gasteiger partial charge in [-0.15, -0.1) is 0 Å². The lowest BCUT2D eigenvalue weighted by Gasteiger charge is -2.18. The Labute approximate surface area is 474 Å². The standard InChI is InChI=1S/C70H132O6/c1-4-7-10-13-16-19-22-25-28-30-32-33-34-35-36-37-38-40-42-45-48-51-54-57-60-63-69(72)75-66-67(65-74-68(71)62-59-56-53-50-47-44-41-27-24-21-18-15-12-9-6-3)76-70(73)64-61-58-55-52-49-46-43-39-31-29-26-23-20-17-14-11-8-5-2/h20,23,29,31,67H,4-19,21-22,24-28,30,32-66H2,1-3H3/b23-20-,31-29-. The average molecular weight is 1070 g/mol. The van der Waals surface area contributed by atoms with Crippen LogP contribution >= 0.6 is 0 Å². The average Bonchev–Trinajstić information content (AvgIpc) is 3.42. The van der Waals surface area contributed by atoms with Crippen molar-refractivity contribution in [3.63, 3.8) is 0 Å². The minimum Gasteiger partial charge on any atom is -0.462 e. The van der Waals surface area contributed by atoms with E-state index in [-0.39, 0.29) is 31.1 Å². The number of unbranched alkanes of at least 4 members (excludes halogenated alkanes) is 49. The van der Waals surface area contributed by atoms with Gasteiger partial charge in [-0.1, -0.05) is 340 Å². The molecule has 0 saturated heterocycles. The quantitative estimate of drug-likeness (QED) is 0.0261. The molecule has 0 saturated carbocycles. The van der Waals surface area contributed by atoms with Crippen LogP contribution in [0.4, 0.5) is 0 Å². The lowest BCUT2D eigenvalue weighted by atomic mass is 10.0. The zero-order valence-corrected chi connectivity index (χ0v) is 51.6. The van der Waals surface area contributed by atoms with Crippen LogP contribution in [0, 0.1) is 0 Å². The molecule has 0 aromatic rings. The molecule has 0 aliphatic carbocycles. The number of rotatable bonds is 64. The zero-order valence-electron chi connectivity index (χ0n) is 51.6. The zero-order chi connectivity index (χ0) is 55.0. The summed E-state index contributed by atoms with van der Waals surface area (Å²) in [5.41, 5.74) is 0. The summed E-state index contributed by atoms with van der Waals surface area (Å²) in [6.07, 6.45) is 79.1. The second-order valence-electron chi connectivity index (χ2n) is 23.5. The molecule has 0 N–H and O–H groups in total. The Kier molecular flexibility index (Phi) is 63.6. The van der Waals surface area contributed by atoms with E-state index >= 15 is 0 Å². The van der Waals surface area contributed by atoms with Gasteiger partial charge in [0.15, 0.2) is 6.10 Å². The van der Waals surface area contributed by atoms with Crippen molar-refractivity contribution in [3.05, 3.63) is 24.3 Å². The number of carbonyl (C=O) groups is 3. The van der Waals surface area contributed by atoms with Gasteiger partial charge in [0.05, 0.1) is 0 Å². The molecule has 0 aliphatic heterocycles. The molecule has 0 aromatic heterocycles. The summed E-state index contributed by atoms with van der Waals surface area (Å²) >= 11 is 0. The van der Waals surface area contributed by atoms with Crippen molar-refractivity contribution < 1.29 is 28.6 Å². The summed E-state index contributed by atoms with van der Waals surface area (Å²) < 4.78 is 17.0. The van der Waals surface area contributed by atoms with Gasteiger partial charge in [0.2, 0.25) is 0 Å². The molecule has 0 amide bonds. The third kappa shape index (κ3) is 62.7. The Hall–Kier alpha value is -2.11. The van der Waals surface area contributed by atoms with E-state index in [9.17, 15) is 14.4 Å². The van der Waals surface area contributed by atoms with Crippen molar-refractivity contribution >= 4 is 17.9 Å². The molecule has 76 heavy (non-hydrogen) atoms. The maximum Gasteiger partial charge on any atom is 0.306 e. The third-order valence-electron chi connectivity index (χ3n) is 15.7. The first-order valence-corrected chi connectivity index (χ1v) is 34.3. The van der Waals surface area contributed by atoms with Crippen molar-refractivity contribution in [2.75, 3.05) is 13.2 Å². The van der Waals surface area contributed by atoms with Crippen LogP contribution < -0.4 is 0 Å². The van der Waals surface area contributed by atoms with Crippen molar-refractivity contribution in [3.8, 4) is 0 Å². The molecule has 0 fully saturated rings. The fraction of sp³-hybridized carbons (Fsp3) is 0.900. The molecule has 6 nitrogen and oxygen atoms in total. The largest absolute Gasteiger partial charge is 0.462 e. The van der Waals surface area contributed by atoms with E-state index in [1.165, 1.54) is 276 Å². The molecule has 1 atom stereocenters. The highest BCUT2D eigenvalue weighted by Gasteiger charge is 2.19. The Morgan fingerprint density at radius 1 is 0.263 bits per heavy atom. The normalized spacial score (nSPS) is 12.1. The van der Waals surface area contributed by atoms with E-state index in [1.807, 2.05) is 0 Å². The molecule has 0 bridgehead atoms. The van der Waals surface area contributed by atoms with Gasteiger partial charge in [0, 0.05) is 19.3 Å². The van der Waals surface area contributed by atoms with Crippen LogP contribution in [0.25, 0.3) is 0 Å². The van der Waals surface area contributed by atoms with Crippen LogP contribution in [0.3, 0.4) is 0 Å². The van der Waals surface area contributed by atoms with E-state index in [0.717, 1.165) is 70.6 Å². The summed E-state index contributed by atoms with van der Waals surface area (Å²) in [5, 5.41) is 0. The van der Waals surface area contributed by atoms with Crippen molar-refractivity contribution in [1.29, 1.82) is 0 Å². The maximum atomic E-state index is 12.9. The predicted molar refractivity (Wildman–Crippen MR) is 330 cm³/mol. The first-order valence-electron chi connectivity index (χ1n) is 34.3. The number of allylic oxidation sites excluding steroid dienone is 4. The highest BCUT2D eigenvalue weighted by Crippen LogP contribution is 2.19. The molecule has 0 spiro atoms. The molecule has 0 radical (unpaired) electrons. The molecule has 6 heteroatoms. The minimum absolute atomic E-state index is 0.0682. The molecule has 0 heterocycles. The summed E-state index contributed by atoms with van der Waals surface area (Å²) in [4.78, 5) is 38.4. The van der Waals surface area contributed by atoms with Crippen molar-refractivity contribution in [2.24, 2.45) is 0 Å². The Balaban J connectivity index is 4.25. The summed E-state index contributed by atoms with van der Waals surface area (Å²) in [5.74, 6) is -0.845. The van der Waals surface area contributed by atoms with Crippen LogP contribution in [0.1, 0.15) is 387 Å². The van der Waals surface area contributed by atoms with Gasteiger partial charge in [0.1, 0.15) is 13.2 Å². The summed E-state index contributed by atoms with van der Waals surface area (Å²) in [7, 11) is 0. The molecule has 0 rings (SSSR count). The van der Waals surface area contributed by atoms with Gasteiger partial charge in [-0.2, -0.15) is 0 Å². The van der Waals surface area contributed by atoms with E-state index < -0.39 is 6.10 Å². The topological polar surface area (TPSA) is 78.9 Å². The van der Waals surface area contributed by atoms with Gasteiger partial charge in [-0.25, -0.2) is 0 Å². The molecular formula is C70H132O6. The number of ether oxygens (including phenoxy) is 3. The highest BCUT2D eigenvalue weighted by atomic mass is 16.6. The van der Waals surface area contributed by atoms with E-state index in [2.05, 4.69) is 45.1 Å².